The Morgan fingerprint density at radius 2 is 2.00 bits per heavy atom. The summed E-state index contributed by atoms with van der Waals surface area (Å²) in [6.07, 6.45) is 0.777. The number of hydrogen-bond donors (Lipinski definition) is 0. The fourth-order valence-corrected chi connectivity index (χ4v) is 2.19. The van der Waals surface area contributed by atoms with E-state index in [4.69, 9.17) is 9.15 Å². The molecule has 0 unspecified atom stereocenters. The van der Waals surface area contributed by atoms with Gasteiger partial charge in [0.15, 0.2) is 0 Å². The first-order valence-corrected chi connectivity index (χ1v) is 6.95. The van der Waals surface area contributed by atoms with Gasteiger partial charge in [-0.3, -0.25) is 14.9 Å². The fourth-order valence-electron chi connectivity index (χ4n) is 2.19. The molecule has 0 aliphatic rings. The molecule has 1 aromatic heterocycles. The first-order chi connectivity index (χ1) is 12.4. The minimum absolute atomic E-state index is 0.0594. The highest BCUT2D eigenvalue weighted by Crippen LogP contribution is 2.31. The Morgan fingerprint density at radius 3 is 2.69 bits per heavy atom. The Labute approximate surface area is 142 Å². The van der Waals surface area contributed by atoms with Crippen LogP contribution in [-0.2, 0) is 0 Å². The molecule has 0 atom stereocenters. The maximum absolute atomic E-state index is 13.1. The van der Waals surface area contributed by atoms with Crippen molar-refractivity contribution in [1.29, 1.82) is 0 Å². The molecule has 26 heavy (non-hydrogen) atoms. The van der Waals surface area contributed by atoms with E-state index in [0.717, 1.165) is 42.7 Å². The van der Waals surface area contributed by atoms with E-state index in [-0.39, 0.29) is 16.7 Å². The summed E-state index contributed by atoms with van der Waals surface area (Å²) in [5.41, 5.74) is -2.30. The Kier molecular flexibility index (Phi) is 4.23. The van der Waals surface area contributed by atoms with E-state index < -0.39 is 39.1 Å². The van der Waals surface area contributed by atoms with E-state index >= 15 is 0 Å². The smallest absolute Gasteiger partial charge is 0.350 e. The van der Waals surface area contributed by atoms with Gasteiger partial charge in [-0.1, -0.05) is 0 Å². The van der Waals surface area contributed by atoms with Crippen molar-refractivity contribution in [2.45, 2.75) is 0 Å². The monoisotopic (exact) mass is 358 g/mol. The standard InChI is InChI=1S/C16H7FN2O7/c17-8-1-3-10-14(5-8)25-7-11(15(10)20)16(21)26-13-4-2-9(18-22)6-12(13)19(23)24/h1-7H. The summed E-state index contributed by atoms with van der Waals surface area (Å²) in [7, 11) is 0. The number of nitroso groups, excluding NO2 is 1. The molecule has 2 aromatic carbocycles. The SMILES string of the molecule is O=Nc1ccc(OC(=O)c2coc3cc(F)ccc3c2=O)c([N+](=O)[O-])c1. The number of nitro groups is 1. The number of carbonyl (C=O) groups excluding carboxylic acids is 1. The van der Waals surface area contributed by atoms with Gasteiger partial charge < -0.3 is 9.15 Å². The molecule has 0 saturated heterocycles. The first kappa shape index (κ1) is 16.9. The topological polar surface area (TPSA) is 129 Å². The number of ether oxygens (including phenoxy) is 1. The van der Waals surface area contributed by atoms with Gasteiger partial charge in [-0.25, -0.2) is 9.18 Å². The van der Waals surface area contributed by atoms with Gasteiger partial charge >= 0.3 is 11.7 Å². The molecule has 9 nitrogen and oxygen atoms in total. The van der Waals surface area contributed by atoms with Gasteiger partial charge in [-0.2, -0.15) is 0 Å². The normalized spacial score (nSPS) is 10.5. The van der Waals surface area contributed by atoms with E-state index in [1.54, 1.807) is 0 Å². The van der Waals surface area contributed by atoms with Crippen molar-refractivity contribution in [2.75, 3.05) is 0 Å². The highest BCUT2D eigenvalue weighted by atomic mass is 19.1. The van der Waals surface area contributed by atoms with Crippen molar-refractivity contribution in [3.8, 4) is 5.75 Å². The molecule has 3 rings (SSSR count). The van der Waals surface area contributed by atoms with Crippen molar-refractivity contribution < 1.29 is 23.3 Å². The third-order valence-electron chi connectivity index (χ3n) is 3.40. The molecule has 1 heterocycles. The summed E-state index contributed by atoms with van der Waals surface area (Å²) < 4.78 is 23.1. The van der Waals surface area contributed by atoms with Gasteiger partial charge in [0.2, 0.25) is 11.2 Å². The van der Waals surface area contributed by atoms with Crippen LogP contribution >= 0.6 is 0 Å². The van der Waals surface area contributed by atoms with Crippen LogP contribution in [0.5, 0.6) is 5.75 Å². The minimum Gasteiger partial charge on any atom is -0.463 e. The number of carbonyl (C=O) groups is 1. The van der Waals surface area contributed by atoms with E-state index in [0.29, 0.717) is 0 Å². The van der Waals surface area contributed by atoms with E-state index in [1.807, 2.05) is 0 Å². The van der Waals surface area contributed by atoms with Gasteiger partial charge in [0, 0.05) is 12.1 Å². The molecule has 0 aliphatic heterocycles. The molecule has 130 valence electrons. The van der Waals surface area contributed by atoms with Crippen molar-refractivity contribution in [2.24, 2.45) is 5.18 Å². The Hall–Kier alpha value is -3.95. The number of halogens is 1. The van der Waals surface area contributed by atoms with Crippen molar-refractivity contribution >= 4 is 28.3 Å². The lowest BCUT2D eigenvalue weighted by molar-refractivity contribution is -0.385. The summed E-state index contributed by atoms with van der Waals surface area (Å²) in [6, 6.07) is 6.06. The maximum Gasteiger partial charge on any atom is 0.350 e. The highest BCUT2D eigenvalue weighted by molar-refractivity contribution is 5.94. The molecule has 0 amide bonds. The van der Waals surface area contributed by atoms with E-state index in [9.17, 15) is 29.0 Å². The van der Waals surface area contributed by atoms with E-state index in [2.05, 4.69) is 5.18 Å². The molecule has 0 spiro atoms. The Balaban J connectivity index is 2.01. The van der Waals surface area contributed by atoms with Crippen LogP contribution in [0.1, 0.15) is 10.4 Å². The summed E-state index contributed by atoms with van der Waals surface area (Å²) in [5, 5.41) is 13.5. The molecule has 0 fully saturated rings. The van der Waals surface area contributed by atoms with E-state index in [1.165, 1.54) is 0 Å². The lowest BCUT2D eigenvalue weighted by atomic mass is 10.1. The molecule has 0 bridgehead atoms. The number of rotatable bonds is 4. The zero-order chi connectivity index (χ0) is 18.8. The lowest BCUT2D eigenvalue weighted by Crippen LogP contribution is -2.19. The van der Waals surface area contributed by atoms with Gasteiger partial charge in [0.05, 0.1) is 10.3 Å². The Bertz CT molecular complexity index is 1120. The molecule has 0 saturated carbocycles. The average molecular weight is 358 g/mol. The molecular weight excluding hydrogens is 351 g/mol. The number of benzene rings is 2. The molecular formula is C16H7FN2O7. The second kappa shape index (κ2) is 6.51. The zero-order valence-electron chi connectivity index (χ0n) is 12.7. The lowest BCUT2D eigenvalue weighted by Gasteiger charge is -2.05. The van der Waals surface area contributed by atoms with Crippen LogP contribution < -0.4 is 10.2 Å². The molecule has 0 N–H and O–H groups in total. The zero-order valence-corrected chi connectivity index (χ0v) is 12.7. The van der Waals surface area contributed by atoms with Crippen molar-refractivity contribution in [3.05, 3.63) is 79.3 Å². The number of esters is 1. The third kappa shape index (κ3) is 3.02. The van der Waals surface area contributed by atoms with Gasteiger partial charge in [-0.15, -0.1) is 4.91 Å². The predicted octanol–water partition coefficient (Wildman–Crippen LogP) is 3.46. The van der Waals surface area contributed by atoms with Crippen LogP contribution in [0.25, 0.3) is 11.0 Å². The predicted molar refractivity (Wildman–Crippen MR) is 86.0 cm³/mol. The van der Waals surface area contributed by atoms with Gasteiger partial charge in [0.1, 0.15) is 28.9 Å². The van der Waals surface area contributed by atoms with Crippen molar-refractivity contribution in [1.82, 2.24) is 0 Å². The Morgan fingerprint density at radius 1 is 1.23 bits per heavy atom. The molecule has 0 radical (unpaired) electrons. The second-order valence-corrected chi connectivity index (χ2v) is 5.01. The second-order valence-electron chi connectivity index (χ2n) is 5.01. The van der Waals surface area contributed by atoms with Crippen LogP contribution in [0.15, 0.2) is 57.0 Å². The highest BCUT2D eigenvalue weighted by Gasteiger charge is 2.23. The van der Waals surface area contributed by atoms with Crippen LogP contribution in [0.3, 0.4) is 0 Å². The largest absolute Gasteiger partial charge is 0.463 e. The first-order valence-electron chi connectivity index (χ1n) is 6.95. The van der Waals surface area contributed by atoms with Gasteiger partial charge in [0.25, 0.3) is 0 Å². The fraction of sp³-hybridized carbons (Fsp3) is 0. The third-order valence-corrected chi connectivity index (χ3v) is 3.40. The summed E-state index contributed by atoms with van der Waals surface area (Å²) in [5.74, 6) is -2.32. The molecule has 10 heteroatoms. The number of fused-ring (bicyclic) bond motifs is 1. The average Bonchev–Trinajstić information content (AvgIpc) is 2.61. The van der Waals surface area contributed by atoms with Crippen LogP contribution in [-0.4, -0.2) is 10.9 Å². The quantitative estimate of drug-likeness (QED) is 0.229. The van der Waals surface area contributed by atoms with Crippen LogP contribution in [0, 0.1) is 20.8 Å². The molecule has 3 aromatic rings. The number of nitrogens with zero attached hydrogens (tertiary/aromatic N) is 2. The van der Waals surface area contributed by atoms with Crippen LogP contribution in [0.4, 0.5) is 15.8 Å². The minimum atomic E-state index is -1.21. The maximum atomic E-state index is 13.1. The van der Waals surface area contributed by atoms with Crippen LogP contribution in [0.2, 0.25) is 0 Å². The van der Waals surface area contributed by atoms with Gasteiger partial charge in [-0.05, 0) is 29.4 Å². The summed E-state index contributed by atoms with van der Waals surface area (Å²) in [4.78, 5) is 45.2. The summed E-state index contributed by atoms with van der Waals surface area (Å²) >= 11 is 0. The number of nitro benzene ring substituents is 1. The number of hydrogen-bond acceptors (Lipinski definition) is 8. The van der Waals surface area contributed by atoms with Crippen molar-refractivity contribution in [3.63, 3.8) is 0 Å². The molecule has 0 aliphatic carbocycles. The summed E-state index contributed by atoms with van der Waals surface area (Å²) in [6.45, 7) is 0.